The average Bonchev–Trinajstić information content (AvgIpc) is 2.37. The molecule has 1 aromatic rings. The molecule has 0 aromatic carbocycles. The SMILES string of the molecule is CNC(=O)CS(=O)(=O)Cc1ncccc1C(=O)OC. The maximum absolute atomic E-state index is 11.8. The van der Waals surface area contributed by atoms with Crippen LogP contribution in [-0.2, 0) is 25.1 Å². The molecular weight excluding hydrogens is 272 g/mol. The number of pyridine rings is 1. The third-order valence-corrected chi connectivity index (χ3v) is 3.70. The number of methoxy groups -OCH3 is 1. The summed E-state index contributed by atoms with van der Waals surface area (Å²) in [5, 5.41) is 2.23. The molecular formula is C11H14N2O5S. The zero-order chi connectivity index (χ0) is 14.5. The van der Waals surface area contributed by atoms with Gasteiger partial charge in [0, 0.05) is 13.2 Å². The fourth-order valence-electron chi connectivity index (χ4n) is 1.38. The van der Waals surface area contributed by atoms with E-state index < -0.39 is 33.2 Å². The second-order valence-electron chi connectivity index (χ2n) is 3.69. The van der Waals surface area contributed by atoms with Crippen LogP contribution < -0.4 is 5.32 Å². The Bertz CT molecular complexity index is 583. The van der Waals surface area contributed by atoms with Gasteiger partial charge in [-0.25, -0.2) is 13.2 Å². The van der Waals surface area contributed by atoms with Crippen LogP contribution in [0.2, 0.25) is 0 Å². The quantitative estimate of drug-likeness (QED) is 0.734. The maximum Gasteiger partial charge on any atom is 0.339 e. The van der Waals surface area contributed by atoms with E-state index in [2.05, 4.69) is 15.0 Å². The minimum atomic E-state index is -3.69. The molecule has 0 atom stereocenters. The lowest BCUT2D eigenvalue weighted by atomic mass is 10.2. The smallest absolute Gasteiger partial charge is 0.339 e. The zero-order valence-corrected chi connectivity index (χ0v) is 11.4. The first kappa shape index (κ1) is 15.1. The van der Waals surface area contributed by atoms with Gasteiger partial charge in [0.25, 0.3) is 0 Å². The van der Waals surface area contributed by atoms with E-state index in [0.29, 0.717) is 0 Å². The van der Waals surface area contributed by atoms with Gasteiger partial charge in [-0.3, -0.25) is 9.78 Å². The first-order valence-corrected chi connectivity index (χ1v) is 7.15. The first-order valence-electron chi connectivity index (χ1n) is 5.33. The van der Waals surface area contributed by atoms with Crippen LogP contribution in [-0.4, -0.2) is 45.2 Å². The normalized spacial score (nSPS) is 10.8. The minimum Gasteiger partial charge on any atom is -0.465 e. The predicted molar refractivity (Wildman–Crippen MR) is 67.1 cm³/mol. The van der Waals surface area contributed by atoms with Gasteiger partial charge < -0.3 is 10.1 Å². The fraction of sp³-hybridized carbons (Fsp3) is 0.364. The topological polar surface area (TPSA) is 102 Å². The van der Waals surface area contributed by atoms with Gasteiger partial charge in [0.15, 0.2) is 9.84 Å². The van der Waals surface area contributed by atoms with Crippen molar-refractivity contribution in [1.29, 1.82) is 0 Å². The zero-order valence-electron chi connectivity index (χ0n) is 10.5. The monoisotopic (exact) mass is 286 g/mol. The van der Waals surface area contributed by atoms with E-state index in [0.717, 1.165) is 0 Å². The molecule has 104 valence electrons. The molecule has 0 spiro atoms. The van der Waals surface area contributed by atoms with Crippen molar-refractivity contribution >= 4 is 21.7 Å². The van der Waals surface area contributed by atoms with E-state index in [-0.39, 0.29) is 11.3 Å². The summed E-state index contributed by atoms with van der Waals surface area (Å²) in [5.41, 5.74) is 0.142. The predicted octanol–water partition coefficient (Wildman–Crippen LogP) is -0.471. The van der Waals surface area contributed by atoms with Gasteiger partial charge in [-0.15, -0.1) is 0 Å². The molecule has 1 rings (SSSR count). The first-order chi connectivity index (χ1) is 8.89. The molecule has 0 bridgehead atoms. The molecule has 0 aliphatic carbocycles. The molecule has 0 radical (unpaired) electrons. The van der Waals surface area contributed by atoms with Crippen molar-refractivity contribution in [3.05, 3.63) is 29.6 Å². The number of hydrogen-bond donors (Lipinski definition) is 1. The highest BCUT2D eigenvalue weighted by Gasteiger charge is 2.21. The van der Waals surface area contributed by atoms with E-state index in [9.17, 15) is 18.0 Å². The minimum absolute atomic E-state index is 0.0678. The van der Waals surface area contributed by atoms with Gasteiger partial charge in [-0.1, -0.05) is 0 Å². The molecule has 0 saturated carbocycles. The van der Waals surface area contributed by atoms with Crippen LogP contribution in [0.4, 0.5) is 0 Å². The van der Waals surface area contributed by atoms with Crippen molar-refractivity contribution in [3.8, 4) is 0 Å². The molecule has 0 aliphatic rings. The van der Waals surface area contributed by atoms with Gasteiger partial charge in [-0.2, -0.15) is 0 Å². The molecule has 1 heterocycles. The summed E-state index contributed by atoms with van der Waals surface area (Å²) in [5.74, 6) is -2.43. The summed E-state index contributed by atoms with van der Waals surface area (Å²) >= 11 is 0. The number of carbonyl (C=O) groups is 2. The van der Waals surface area contributed by atoms with E-state index in [1.54, 1.807) is 0 Å². The number of aromatic nitrogens is 1. The second-order valence-corrected chi connectivity index (χ2v) is 5.76. The van der Waals surface area contributed by atoms with Gasteiger partial charge in [0.1, 0.15) is 5.75 Å². The summed E-state index contributed by atoms with van der Waals surface area (Å²) in [7, 11) is -1.15. The molecule has 1 aromatic heterocycles. The van der Waals surface area contributed by atoms with Crippen LogP contribution in [0.3, 0.4) is 0 Å². The molecule has 19 heavy (non-hydrogen) atoms. The number of amides is 1. The summed E-state index contributed by atoms with van der Waals surface area (Å²) in [6.45, 7) is 0. The molecule has 0 fully saturated rings. The second kappa shape index (κ2) is 6.28. The van der Waals surface area contributed by atoms with E-state index >= 15 is 0 Å². The van der Waals surface area contributed by atoms with E-state index in [4.69, 9.17) is 0 Å². The maximum atomic E-state index is 11.8. The summed E-state index contributed by atoms with van der Waals surface area (Å²) in [4.78, 5) is 26.4. The van der Waals surface area contributed by atoms with Crippen LogP contribution in [0.15, 0.2) is 18.3 Å². The standard InChI is InChI=1S/C11H14N2O5S/c1-12-10(14)7-19(16,17)6-9-8(11(15)18-2)4-3-5-13-9/h3-5H,6-7H2,1-2H3,(H,12,14). The number of ether oxygens (including phenoxy) is 1. The van der Waals surface area contributed by atoms with Crippen molar-refractivity contribution in [3.63, 3.8) is 0 Å². The number of hydrogen-bond acceptors (Lipinski definition) is 6. The molecule has 7 nitrogen and oxygen atoms in total. The Morgan fingerprint density at radius 1 is 1.42 bits per heavy atom. The molecule has 0 aliphatic heterocycles. The van der Waals surface area contributed by atoms with Crippen LogP contribution >= 0.6 is 0 Å². The lowest BCUT2D eigenvalue weighted by molar-refractivity contribution is -0.118. The Hall–Kier alpha value is -1.96. The Kier molecular flexibility index (Phi) is 4.99. The van der Waals surface area contributed by atoms with Crippen LogP contribution in [0.5, 0.6) is 0 Å². The van der Waals surface area contributed by atoms with Crippen molar-refractivity contribution < 1.29 is 22.7 Å². The van der Waals surface area contributed by atoms with E-state index in [1.807, 2.05) is 0 Å². The van der Waals surface area contributed by atoms with Crippen molar-refractivity contribution in [2.24, 2.45) is 0 Å². The van der Waals surface area contributed by atoms with E-state index in [1.165, 1.54) is 32.5 Å². The van der Waals surface area contributed by atoms with Gasteiger partial charge in [0.2, 0.25) is 5.91 Å². The molecule has 0 unspecified atom stereocenters. The number of esters is 1. The molecule has 8 heteroatoms. The number of nitrogens with one attached hydrogen (secondary N) is 1. The number of rotatable bonds is 5. The van der Waals surface area contributed by atoms with Crippen LogP contribution in [0.25, 0.3) is 0 Å². The van der Waals surface area contributed by atoms with Crippen LogP contribution in [0.1, 0.15) is 16.1 Å². The molecule has 1 amide bonds. The largest absolute Gasteiger partial charge is 0.465 e. The number of sulfone groups is 1. The fourth-order valence-corrected chi connectivity index (χ4v) is 2.67. The van der Waals surface area contributed by atoms with Gasteiger partial charge >= 0.3 is 5.97 Å². The summed E-state index contributed by atoms with van der Waals surface area (Å²) in [6, 6.07) is 2.92. The molecule has 1 N–H and O–H groups in total. The van der Waals surface area contributed by atoms with Crippen molar-refractivity contribution in [2.45, 2.75) is 5.75 Å². The summed E-state index contributed by atoms with van der Waals surface area (Å²) in [6.07, 6.45) is 1.37. The van der Waals surface area contributed by atoms with Gasteiger partial charge in [-0.05, 0) is 12.1 Å². The molecule has 0 saturated heterocycles. The Morgan fingerprint density at radius 2 is 2.11 bits per heavy atom. The third-order valence-electron chi connectivity index (χ3n) is 2.28. The highest BCUT2D eigenvalue weighted by atomic mass is 32.2. The summed E-state index contributed by atoms with van der Waals surface area (Å²) < 4.78 is 28.1. The Balaban J connectivity index is 3.00. The third kappa shape index (κ3) is 4.32. The van der Waals surface area contributed by atoms with Crippen molar-refractivity contribution in [2.75, 3.05) is 19.9 Å². The number of carbonyl (C=O) groups excluding carboxylic acids is 2. The highest BCUT2D eigenvalue weighted by molar-refractivity contribution is 7.91. The Labute approximate surface area is 110 Å². The van der Waals surface area contributed by atoms with Crippen LogP contribution in [0, 0.1) is 0 Å². The lowest BCUT2D eigenvalue weighted by Gasteiger charge is -2.07. The highest BCUT2D eigenvalue weighted by Crippen LogP contribution is 2.11. The van der Waals surface area contributed by atoms with Crippen molar-refractivity contribution in [1.82, 2.24) is 10.3 Å². The Morgan fingerprint density at radius 3 is 2.68 bits per heavy atom. The number of nitrogens with zero attached hydrogens (tertiary/aromatic N) is 1. The van der Waals surface area contributed by atoms with Gasteiger partial charge in [0.05, 0.1) is 24.1 Å². The lowest BCUT2D eigenvalue weighted by Crippen LogP contribution is -2.28. The average molecular weight is 286 g/mol.